The fourth-order valence-corrected chi connectivity index (χ4v) is 3.39. The van der Waals surface area contributed by atoms with Crippen LogP contribution in [-0.4, -0.2) is 61.8 Å². The van der Waals surface area contributed by atoms with E-state index in [1.54, 1.807) is 0 Å². The Balaban J connectivity index is 0.00000480. The molecule has 2 heterocycles. The van der Waals surface area contributed by atoms with Crippen molar-refractivity contribution in [3.8, 4) is 0 Å². The van der Waals surface area contributed by atoms with Gasteiger partial charge in [0.1, 0.15) is 17.1 Å². The standard InChI is InChI=1S/C22H39N5O3.HI/c1-6-23-20(24-12-9-13-25-21(28)30-22(3,4)5)26-16-18(27-14-7-8-15-27)19-11-10-17(2)29-19;/h10-11,18H,6-9,12-16H2,1-5H3,(H,25,28)(H2,23,24,26);1H. The van der Waals surface area contributed by atoms with Crippen LogP contribution >= 0.6 is 24.0 Å². The molecule has 1 unspecified atom stereocenters. The van der Waals surface area contributed by atoms with Crippen LogP contribution in [0.4, 0.5) is 4.79 Å². The first-order valence-corrected chi connectivity index (χ1v) is 11.1. The largest absolute Gasteiger partial charge is 0.465 e. The third-order valence-electron chi connectivity index (χ3n) is 4.75. The number of ether oxygens (including phenoxy) is 1. The lowest BCUT2D eigenvalue weighted by atomic mass is 10.2. The molecule has 2 rings (SSSR count). The molecule has 0 bridgehead atoms. The summed E-state index contributed by atoms with van der Waals surface area (Å²) in [6.07, 6.45) is 2.84. The molecule has 1 aromatic heterocycles. The molecule has 1 aromatic rings. The molecule has 9 heteroatoms. The Morgan fingerprint density at radius 2 is 1.87 bits per heavy atom. The number of aliphatic imine (C=N–C) groups is 1. The molecule has 0 aromatic carbocycles. The van der Waals surface area contributed by atoms with Crippen LogP contribution in [0.2, 0.25) is 0 Å². The van der Waals surface area contributed by atoms with Gasteiger partial charge in [0.15, 0.2) is 5.96 Å². The van der Waals surface area contributed by atoms with Crippen LogP contribution in [0.3, 0.4) is 0 Å². The number of rotatable bonds is 9. The number of furan rings is 1. The molecule has 0 radical (unpaired) electrons. The topological polar surface area (TPSA) is 91.1 Å². The van der Waals surface area contributed by atoms with Crippen molar-refractivity contribution < 1.29 is 13.9 Å². The average molecular weight is 549 g/mol. The second-order valence-corrected chi connectivity index (χ2v) is 8.64. The number of carbonyl (C=O) groups is 1. The van der Waals surface area contributed by atoms with E-state index in [0.717, 1.165) is 43.5 Å². The zero-order chi connectivity index (χ0) is 22.0. The minimum absolute atomic E-state index is 0. The maximum atomic E-state index is 11.7. The van der Waals surface area contributed by atoms with Crippen molar-refractivity contribution >= 4 is 36.0 Å². The SMILES string of the molecule is CCNC(=NCC(c1ccc(C)o1)N1CCCC1)NCCCNC(=O)OC(C)(C)C.I. The number of likely N-dealkylation sites (tertiary alicyclic amines) is 1. The molecule has 0 saturated carbocycles. The van der Waals surface area contributed by atoms with E-state index in [9.17, 15) is 4.79 Å². The van der Waals surface area contributed by atoms with Gasteiger partial charge in [0.25, 0.3) is 0 Å². The van der Waals surface area contributed by atoms with Crippen molar-refractivity contribution in [1.82, 2.24) is 20.9 Å². The summed E-state index contributed by atoms with van der Waals surface area (Å²) in [6.45, 7) is 14.4. The van der Waals surface area contributed by atoms with Crippen LogP contribution in [0.15, 0.2) is 21.5 Å². The number of nitrogens with one attached hydrogen (secondary N) is 3. The van der Waals surface area contributed by atoms with Crippen molar-refractivity contribution in [2.45, 2.75) is 65.5 Å². The van der Waals surface area contributed by atoms with E-state index < -0.39 is 5.60 Å². The molecule has 8 nitrogen and oxygen atoms in total. The Bertz CT molecular complexity index is 681. The summed E-state index contributed by atoms with van der Waals surface area (Å²) < 4.78 is 11.2. The van der Waals surface area contributed by atoms with Crippen LogP contribution in [0, 0.1) is 6.92 Å². The highest BCUT2D eigenvalue weighted by molar-refractivity contribution is 14.0. The Hall–Kier alpha value is -1.49. The average Bonchev–Trinajstić information content (AvgIpc) is 3.32. The lowest BCUT2D eigenvalue weighted by Gasteiger charge is -2.24. The van der Waals surface area contributed by atoms with Gasteiger partial charge in [-0.1, -0.05) is 0 Å². The van der Waals surface area contributed by atoms with Crippen molar-refractivity contribution in [1.29, 1.82) is 0 Å². The fourth-order valence-electron chi connectivity index (χ4n) is 3.39. The predicted molar refractivity (Wildman–Crippen MR) is 135 cm³/mol. The van der Waals surface area contributed by atoms with Gasteiger partial charge in [-0.05, 0) is 79.1 Å². The zero-order valence-electron chi connectivity index (χ0n) is 19.6. The molecule has 31 heavy (non-hydrogen) atoms. The quantitative estimate of drug-likeness (QED) is 0.188. The number of halogens is 1. The highest BCUT2D eigenvalue weighted by Crippen LogP contribution is 2.26. The molecule has 1 aliphatic rings. The third kappa shape index (κ3) is 10.6. The Kier molecular flexibility index (Phi) is 12.3. The minimum Gasteiger partial charge on any atom is -0.465 e. The lowest BCUT2D eigenvalue weighted by Crippen LogP contribution is -2.40. The van der Waals surface area contributed by atoms with Crippen LogP contribution in [0.5, 0.6) is 0 Å². The normalized spacial score (nSPS) is 15.8. The van der Waals surface area contributed by atoms with Crippen molar-refractivity contribution in [2.75, 3.05) is 39.3 Å². The summed E-state index contributed by atoms with van der Waals surface area (Å²) in [5.74, 6) is 2.69. The second-order valence-electron chi connectivity index (χ2n) is 8.64. The van der Waals surface area contributed by atoms with E-state index in [1.807, 2.05) is 33.8 Å². The third-order valence-corrected chi connectivity index (χ3v) is 4.75. The number of hydrogen-bond acceptors (Lipinski definition) is 5. The van der Waals surface area contributed by atoms with Gasteiger partial charge >= 0.3 is 6.09 Å². The molecule has 0 spiro atoms. The molecule has 0 aliphatic carbocycles. The monoisotopic (exact) mass is 549 g/mol. The van der Waals surface area contributed by atoms with Gasteiger partial charge in [0.2, 0.25) is 0 Å². The smallest absolute Gasteiger partial charge is 0.407 e. The highest BCUT2D eigenvalue weighted by atomic mass is 127. The van der Waals surface area contributed by atoms with E-state index in [4.69, 9.17) is 14.1 Å². The van der Waals surface area contributed by atoms with Crippen LogP contribution < -0.4 is 16.0 Å². The number of aryl methyl sites for hydroxylation is 1. The number of nitrogens with zero attached hydrogens (tertiary/aromatic N) is 2. The summed E-state index contributed by atoms with van der Waals surface area (Å²) in [5, 5.41) is 9.41. The second kappa shape index (κ2) is 13.8. The van der Waals surface area contributed by atoms with Gasteiger partial charge in [-0.15, -0.1) is 24.0 Å². The maximum absolute atomic E-state index is 11.7. The van der Waals surface area contributed by atoms with Crippen molar-refractivity contribution in [2.24, 2.45) is 4.99 Å². The van der Waals surface area contributed by atoms with Crippen LogP contribution in [0.1, 0.15) is 64.5 Å². The summed E-state index contributed by atoms with van der Waals surface area (Å²) in [6, 6.07) is 4.24. The molecule has 1 atom stereocenters. The molecular weight excluding hydrogens is 509 g/mol. The van der Waals surface area contributed by atoms with E-state index in [2.05, 4.69) is 33.8 Å². The molecule has 1 amide bonds. The molecule has 1 fully saturated rings. The number of carbonyl (C=O) groups excluding carboxylic acids is 1. The molecule has 1 saturated heterocycles. The fraction of sp³-hybridized carbons (Fsp3) is 0.727. The van der Waals surface area contributed by atoms with E-state index in [0.29, 0.717) is 19.6 Å². The zero-order valence-corrected chi connectivity index (χ0v) is 22.0. The van der Waals surface area contributed by atoms with Crippen molar-refractivity contribution in [3.05, 3.63) is 23.7 Å². The van der Waals surface area contributed by atoms with Gasteiger partial charge < -0.3 is 25.1 Å². The minimum atomic E-state index is -0.481. The molecule has 178 valence electrons. The number of amides is 1. The van der Waals surface area contributed by atoms with Crippen molar-refractivity contribution in [3.63, 3.8) is 0 Å². The highest BCUT2D eigenvalue weighted by Gasteiger charge is 2.25. The Morgan fingerprint density at radius 1 is 1.19 bits per heavy atom. The summed E-state index contributed by atoms with van der Waals surface area (Å²) >= 11 is 0. The van der Waals surface area contributed by atoms with Gasteiger partial charge in [0, 0.05) is 19.6 Å². The van der Waals surface area contributed by atoms with Gasteiger partial charge in [0.05, 0.1) is 12.6 Å². The van der Waals surface area contributed by atoms with Crippen LogP contribution in [-0.2, 0) is 4.74 Å². The molecule has 1 aliphatic heterocycles. The lowest BCUT2D eigenvalue weighted by molar-refractivity contribution is 0.0527. The van der Waals surface area contributed by atoms with E-state index in [1.165, 1.54) is 12.8 Å². The number of hydrogen-bond donors (Lipinski definition) is 3. The maximum Gasteiger partial charge on any atom is 0.407 e. The molecule has 3 N–H and O–H groups in total. The summed E-state index contributed by atoms with van der Waals surface area (Å²) in [7, 11) is 0. The van der Waals surface area contributed by atoms with Gasteiger partial charge in [-0.25, -0.2) is 4.79 Å². The first kappa shape index (κ1) is 27.5. The number of guanidine groups is 1. The first-order valence-electron chi connectivity index (χ1n) is 11.1. The summed E-state index contributed by atoms with van der Waals surface area (Å²) in [5.41, 5.74) is -0.481. The molecular formula is C22H40IN5O3. The Labute approximate surface area is 204 Å². The van der Waals surface area contributed by atoms with Crippen LogP contribution in [0.25, 0.3) is 0 Å². The predicted octanol–water partition coefficient (Wildman–Crippen LogP) is 3.81. The van der Waals surface area contributed by atoms with E-state index >= 15 is 0 Å². The first-order chi connectivity index (χ1) is 14.3. The van der Waals surface area contributed by atoms with Gasteiger partial charge in [-0.3, -0.25) is 9.89 Å². The summed E-state index contributed by atoms with van der Waals surface area (Å²) in [4.78, 5) is 19.0. The van der Waals surface area contributed by atoms with E-state index in [-0.39, 0.29) is 36.1 Å². The van der Waals surface area contributed by atoms with Gasteiger partial charge in [-0.2, -0.15) is 0 Å². The Morgan fingerprint density at radius 3 is 2.45 bits per heavy atom. The number of alkyl carbamates (subject to hydrolysis) is 1.